The van der Waals surface area contributed by atoms with E-state index in [1.807, 2.05) is 18.5 Å². The molecule has 7 heteroatoms. The number of halogens is 2. The quantitative estimate of drug-likeness (QED) is 0.792. The molecular formula is C10H18Cl2CuN2O2. The van der Waals surface area contributed by atoms with Gasteiger partial charge in [-0.2, -0.15) is 0 Å². The van der Waals surface area contributed by atoms with E-state index in [2.05, 4.69) is 36.6 Å². The van der Waals surface area contributed by atoms with E-state index < -0.39 is 0 Å². The fraction of sp³-hybridized carbons (Fsp3) is 0.500. The van der Waals surface area contributed by atoms with Gasteiger partial charge in [-0.3, -0.25) is 4.98 Å². The van der Waals surface area contributed by atoms with E-state index in [1.165, 1.54) is 24.8 Å². The molecule has 0 aromatic carbocycles. The zero-order chi connectivity index (χ0) is 10.9. The van der Waals surface area contributed by atoms with Crippen molar-refractivity contribution in [3.05, 3.63) is 30.1 Å². The van der Waals surface area contributed by atoms with Gasteiger partial charge in [-0.15, -0.1) is 0 Å². The molecule has 1 saturated heterocycles. The topological polar surface area (TPSA) is 87.9 Å². The van der Waals surface area contributed by atoms with Gasteiger partial charge in [0.1, 0.15) is 0 Å². The summed E-state index contributed by atoms with van der Waals surface area (Å²) < 4.78 is 0. The van der Waals surface area contributed by atoms with Crippen molar-refractivity contribution in [3.63, 3.8) is 0 Å². The Bertz CT molecular complexity index is 262. The van der Waals surface area contributed by atoms with Crippen molar-refractivity contribution in [1.82, 2.24) is 10.3 Å². The SMILES string of the molecule is O.O.[Cl][Cu][Cl].c1cncc(C2CCCCN2)c1. The van der Waals surface area contributed by atoms with Crippen LogP contribution in [0.2, 0.25) is 0 Å². The van der Waals surface area contributed by atoms with Crippen LogP contribution >= 0.6 is 20.2 Å². The maximum Gasteiger partial charge on any atom is 0.0335 e. The predicted octanol–water partition coefficient (Wildman–Crippen LogP) is 1.62. The van der Waals surface area contributed by atoms with E-state index in [9.17, 15) is 0 Å². The summed E-state index contributed by atoms with van der Waals surface area (Å²) >= 11 is 0.757. The molecule has 1 aliphatic rings. The van der Waals surface area contributed by atoms with Crippen LogP contribution in [0.3, 0.4) is 0 Å². The summed E-state index contributed by atoms with van der Waals surface area (Å²) in [5.41, 5.74) is 1.33. The van der Waals surface area contributed by atoms with Gasteiger partial charge >= 0.3 is 33.3 Å². The molecule has 1 aromatic rings. The van der Waals surface area contributed by atoms with E-state index in [0.29, 0.717) is 6.04 Å². The Kier molecular flexibility index (Phi) is 14.4. The number of piperidine rings is 1. The van der Waals surface area contributed by atoms with Gasteiger partial charge < -0.3 is 16.3 Å². The van der Waals surface area contributed by atoms with Crippen LogP contribution in [0.4, 0.5) is 0 Å². The molecule has 2 rings (SSSR count). The van der Waals surface area contributed by atoms with Crippen molar-refractivity contribution in [3.8, 4) is 0 Å². The minimum absolute atomic E-state index is 0. The molecule has 0 saturated carbocycles. The molecule has 1 unspecified atom stereocenters. The third-order valence-corrected chi connectivity index (χ3v) is 2.40. The first-order chi connectivity index (χ1) is 7.38. The normalized spacial score (nSPS) is 18.1. The van der Waals surface area contributed by atoms with Gasteiger partial charge in [-0.1, -0.05) is 12.5 Å². The summed E-state index contributed by atoms with van der Waals surface area (Å²) in [6, 6.07) is 4.70. The Hall–Kier alpha value is 0.129. The Morgan fingerprint density at radius 2 is 2.00 bits per heavy atom. The van der Waals surface area contributed by atoms with E-state index in [1.54, 1.807) is 0 Å². The zero-order valence-electron chi connectivity index (χ0n) is 9.22. The zero-order valence-corrected chi connectivity index (χ0v) is 11.7. The van der Waals surface area contributed by atoms with Crippen molar-refractivity contribution in [2.75, 3.05) is 6.54 Å². The van der Waals surface area contributed by atoms with Crippen LogP contribution in [-0.2, 0) is 13.1 Å². The van der Waals surface area contributed by atoms with Crippen molar-refractivity contribution < 1.29 is 24.1 Å². The second kappa shape index (κ2) is 12.6. The maximum atomic E-state index is 4.67. The van der Waals surface area contributed by atoms with Gasteiger partial charge in [0.25, 0.3) is 0 Å². The fourth-order valence-electron chi connectivity index (χ4n) is 1.72. The second-order valence-corrected chi connectivity index (χ2v) is 4.89. The predicted molar refractivity (Wildman–Crippen MR) is 67.8 cm³/mol. The van der Waals surface area contributed by atoms with Crippen LogP contribution < -0.4 is 5.32 Å². The monoisotopic (exact) mass is 331 g/mol. The first-order valence-corrected chi connectivity index (χ1v) is 7.42. The number of nitrogens with one attached hydrogen (secondary N) is 1. The minimum Gasteiger partial charge on any atom is -0.310 e. The molecular weight excluding hydrogens is 315 g/mol. The molecule has 0 spiro atoms. The van der Waals surface area contributed by atoms with Gasteiger partial charge in [0.15, 0.2) is 0 Å². The van der Waals surface area contributed by atoms with Crippen molar-refractivity contribution >= 4 is 20.2 Å². The van der Waals surface area contributed by atoms with Gasteiger partial charge in [-0.25, -0.2) is 0 Å². The van der Waals surface area contributed by atoms with E-state index in [4.69, 9.17) is 0 Å². The first-order valence-electron chi connectivity index (χ1n) is 4.83. The number of pyridine rings is 1. The molecule has 0 amide bonds. The molecule has 1 aromatic heterocycles. The van der Waals surface area contributed by atoms with Crippen molar-refractivity contribution in [2.24, 2.45) is 0 Å². The Morgan fingerprint density at radius 1 is 1.29 bits per heavy atom. The molecule has 105 valence electrons. The molecule has 1 fully saturated rings. The van der Waals surface area contributed by atoms with Gasteiger partial charge in [0.2, 0.25) is 0 Å². The largest absolute Gasteiger partial charge is 0.310 e. The van der Waals surface area contributed by atoms with Crippen LogP contribution in [0, 0.1) is 0 Å². The van der Waals surface area contributed by atoms with Gasteiger partial charge in [0.05, 0.1) is 0 Å². The summed E-state index contributed by atoms with van der Waals surface area (Å²) in [6.45, 7) is 1.15. The molecule has 4 nitrogen and oxygen atoms in total. The summed E-state index contributed by atoms with van der Waals surface area (Å²) in [7, 11) is 9.34. The van der Waals surface area contributed by atoms with Crippen LogP contribution in [0.25, 0.3) is 0 Å². The summed E-state index contributed by atoms with van der Waals surface area (Å²) in [6.07, 6.45) is 7.70. The van der Waals surface area contributed by atoms with Crippen LogP contribution in [-0.4, -0.2) is 22.5 Å². The minimum atomic E-state index is 0. The van der Waals surface area contributed by atoms with Crippen LogP contribution in [0.5, 0.6) is 0 Å². The smallest absolute Gasteiger partial charge is 0.0335 e. The Balaban J connectivity index is 0. The van der Waals surface area contributed by atoms with Gasteiger partial charge in [-0.05, 0) is 31.0 Å². The molecule has 17 heavy (non-hydrogen) atoms. The number of hydrogen-bond donors (Lipinski definition) is 1. The van der Waals surface area contributed by atoms with Crippen LogP contribution in [0.1, 0.15) is 30.9 Å². The van der Waals surface area contributed by atoms with Crippen molar-refractivity contribution in [2.45, 2.75) is 25.3 Å². The molecule has 2 heterocycles. The Morgan fingerprint density at radius 3 is 2.47 bits per heavy atom. The maximum absolute atomic E-state index is 4.67. The first kappa shape index (κ1) is 19.5. The van der Waals surface area contributed by atoms with E-state index >= 15 is 0 Å². The number of aromatic nitrogens is 1. The molecule has 0 bridgehead atoms. The average Bonchev–Trinajstić information content (AvgIpc) is 2.32. The number of rotatable bonds is 1. The summed E-state index contributed by atoms with van der Waals surface area (Å²) in [4.78, 5) is 4.12. The molecule has 5 N–H and O–H groups in total. The third kappa shape index (κ3) is 7.95. The second-order valence-electron chi connectivity index (χ2n) is 3.33. The summed E-state index contributed by atoms with van der Waals surface area (Å²) in [5, 5.41) is 3.50. The molecule has 1 aliphatic heterocycles. The average molecular weight is 333 g/mol. The third-order valence-electron chi connectivity index (χ3n) is 2.40. The Labute approximate surface area is 116 Å². The van der Waals surface area contributed by atoms with E-state index in [0.717, 1.165) is 19.7 Å². The van der Waals surface area contributed by atoms with Gasteiger partial charge in [0, 0.05) is 18.4 Å². The molecule has 1 atom stereocenters. The van der Waals surface area contributed by atoms with Crippen molar-refractivity contribution in [1.29, 1.82) is 0 Å². The molecule has 0 aliphatic carbocycles. The fourth-order valence-corrected chi connectivity index (χ4v) is 1.72. The number of hydrogen-bond acceptors (Lipinski definition) is 2. The standard InChI is InChI=1S/C10H14N2.2ClH.Cu.2H2O/c1-2-7-12-10(5-1)9-4-3-6-11-8-9;;;;;/h3-4,6,8,10,12H,1-2,5,7H2;2*1H;;2*1H2/q;;;+2;;/p-2. The van der Waals surface area contributed by atoms with Crippen LogP contribution in [0.15, 0.2) is 24.5 Å². The van der Waals surface area contributed by atoms with E-state index in [-0.39, 0.29) is 11.0 Å². The molecule has 0 radical (unpaired) electrons. The number of nitrogens with zero attached hydrogens (tertiary/aromatic N) is 1. The summed E-state index contributed by atoms with van der Waals surface area (Å²) in [5.74, 6) is 0.